The highest BCUT2D eigenvalue weighted by molar-refractivity contribution is 5.75. The number of carboxylic acid groups (broad SMARTS) is 1. The maximum absolute atomic E-state index is 11.9. The average molecular weight is 287 g/mol. The first-order valence-electron chi connectivity index (χ1n) is 7.07. The van der Waals surface area contributed by atoms with Crippen LogP contribution in [0.1, 0.15) is 20.8 Å². The molecule has 116 valence electrons. The summed E-state index contributed by atoms with van der Waals surface area (Å²) in [6, 6.07) is -0.614. The molecule has 0 radical (unpaired) electrons. The number of ether oxygens (including phenoxy) is 1. The first-order chi connectivity index (χ1) is 9.45. The Labute approximate surface area is 119 Å². The summed E-state index contributed by atoms with van der Waals surface area (Å²) >= 11 is 0. The molecular weight excluding hydrogens is 262 g/mol. The normalized spacial score (nSPS) is 19.4. The maximum Gasteiger partial charge on any atom is 0.320 e. The van der Waals surface area contributed by atoms with Gasteiger partial charge in [-0.25, -0.2) is 4.79 Å². The predicted octanol–water partition coefficient (Wildman–Crippen LogP) is 0.212. The molecular formula is C13H25N3O4. The van der Waals surface area contributed by atoms with Crippen molar-refractivity contribution in [2.75, 3.05) is 39.3 Å². The lowest BCUT2D eigenvalue weighted by molar-refractivity contribution is -0.143. The van der Waals surface area contributed by atoms with E-state index < -0.39 is 12.0 Å². The van der Waals surface area contributed by atoms with Gasteiger partial charge in [0.2, 0.25) is 0 Å². The number of piperazine rings is 1. The van der Waals surface area contributed by atoms with Crippen LogP contribution in [0.15, 0.2) is 0 Å². The van der Waals surface area contributed by atoms with Gasteiger partial charge in [0.05, 0.1) is 6.10 Å². The molecule has 7 nitrogen and oxygen atoms in total. The standard InChI is InChI=1S/C13H25N3O4/c1-4-20-10(2)9-14-13(19)16-7-5-15(6-8-16)11(3)12(17)18/h10-11H,4-9H2,1-3H3,(H,14,19)(H,17,18). The van der Waals surface area contributed by atoms with Gasteiger partial charge in [0.15, 0.2) is 0 Å². The van der Waals surface area contributed by atoms with Crippen molar-refractivity contribution in [1.82, 2.24) is 15.1 Å². The summed E-state index contributed by atoms with van der Waals surface area (Å²) < 4.78 is 5.35. The van der Waals surface area contributed by atoms with E-state index in [-0.39, 0.29) is 12.1 Å². The zero-order chi connectivity index (χ0) is 15.1. The highest BCUT2D eigenvalue weighted by Crippen LogP contribution is 2.06. The third-order valence-electron chi connectivity index (χ3n) is 3.50. The number of amides is 2. The molecule has 0 saturated carbocycles. The van der Waals surface area contributed by atoms with E-state index in [2.05, 4.69) is 5.32 Å². The average Bonchev–Trinajstić information content (AvgIpc) is 2.44. The Kier molecular flexibility index (Phi) is 6.74. The second-order valence-corrected chi connectivity index (χ2v) is 4.99. The fraction of sp³-hybridized carbons (Fsp3) is 0.846. The minimum atomic E-state index is -0.826. The second kappa shape index (κ2) is 8.06. The molecule has 0 aliphatic carbocycles. The van der Waals surface area contributed by atoms with Crippen LogP contribution in [0.2, 0.25) is 0 Å². The lowest BCUT2D eigenvalue weighted by Crippen LogP contribution is -2.55. The zero-order valence-electron chi connectivity index (χ0n) is 12.5. The molecule has 1 heterocycles. The summed E-state index contributed by atoms with van der Waals surface area (Å²) in [5, 5.41) is 11.8. The first kappa shape index (κ1) is 16.7. The van der Waals surface area contributed by atoms with E-state index in [1.54, 1.807) is 11.8 Å². The van der Waals surface area contributed by atoms with Crippen LogP contribution in [-0.4, -0.2) is 78.4 Å². The molecule has 2 unspecified atom stereocenters. The molecule has 0 aromatic rings. The van der Waals surface area contributed by atoms with Gasteiger partial charge in [0, 0.05) is 39.3 Å². The summed E-state index contributed by atoms with van der Waals surface area (Å²) in [6.07, 6.45) is -0.00253. The van der Waals surface area contributed by atoms with E-state index in [9.17, 15) is 9.59 Å². The van der Waals surface area contributed by atoms with E-state index in [1.807, 2.05) is 18.7 Å². The van der Waals surface area contributed by atoms with Crippen LogP contribution in [0.25, 0.3) is 0 Å². The number of hydrogen-bond donors (Lipinski definition) is 2. The van der Waals surface area contributed by atoms with Crippen LogP contribution in [-0.2, 0) is 9.53 Å². The Morgan fingerprint density at radius 2 is 1.85 bits per heavy atom. The second-order valence-electron chi connectivity index (χ2n) is 4.99. The summed E-state index contributed by atoms with van der Waals surface area (Å²) in [7, 11) is 0. The van der Waals surface area contributed by atoms with Gasteiger partial charge in [-0.15, -0.1) is 0 Å². The monoisotopic (exact) mass is 287 g/mol. The number of hydrogen-bond acceptors (Lipinski definition) is 4. The molecule has 2 amide bonds. The Bertz CT molecular complexity index is 330. The largest absolute Gasteiger partial charge is 0.480 e. The number of aliphatic carboxylic acids is 1. The summed E-state index contributed by atoms with van der Waals surface area (Å²) in [4.78, 5) is 26.4. The number of carbonyl (C=O) groups is 2. The van der Waals surface area contributed by atoms with Crippen molar-refractivity contribution in [2.45, 2.75) is 32.9 Å². The lowest BCUT2D eigenvalue weighted by atomic mass is 10.2. The SMILES string of the molecule is CCOC(C)CNC(=O)N1CCN(C(C)C(=O)O)CC1. The van der Waals surface area contributed by atoms with Crippen molar-refractivity contribution >= 4 is 12.0 Å². The van der Waals surface area contributed by atoms with Gasteiger partial charge in [0.1, 0.15) is 6.04 Å². The summed E-state index contributed by atoms with van der Waals surface area (Å²) in [5.41, 5.74) is 0. The molecule has 1 fully saturated rings. The van der Waals surface area contributed by atoms with Crippen LogP contribution >= 0.6 is 0 Å². The number of urea groups is 1. The Balaban J connectivity index is 2.30. The Hall–Kier alpha value is -1.34. The highest BCUT2D eigenvalue weighted by Gasteiger charge is 2.27. The van der Waals surface area contributed by atoms with Crippen molar-refractivity contribution in [3.8, 4) is 0 Å². The quantitative estimate of drug-likeness (QED) is 0.730. The molecule has 7 heteroatoms. The van der Waals surface area contributed by atoms with E-state index in [4.69, 9.17) is 9.84 Å². The number of nitrogens with one attached hydrogen (secondary N) is 1. The molecule has 0 bridgehead atoms. The number of carbonyl (C=O) groups excluding carboxylic acids is 1. The molecule has 20 heavy (non-hydrogen) atoms. The topological polar surface area (TPSA) is 82.1 Å². The van der Waals surface area contributed by atoms with E-state index >= 15 is 0 Å². The molecule has 1 aliphatic rings. The van der Waals surface area contributed by atoms with Crippen LogP contribution in [0.4, 0.5) is 4.79 Å². The van der Waals surface area contributed by atoms with Gasteiger partial charge in [0.25, 0.3) is 0 Å². The van der Waals surface area contributed by atoms with Gasteiger partial charge in [-0.3, -0.25) is 9.69 Å². The van der Waals surface area contributed by atoms with Crippen molar-refractivity contribution < 1.29 is 19.4 Å². The van der Waals surface area contributed by atoms with Crippen LogP contribution in [0.3, 0.4) is 0 Å². The van der Waals surface area contributed by atoms with E-state index in [1.165, 1.54) is 0 Å². The van der Waals surface area contributed by atoms with Crippen LogP contribution in [0.5, 0.6) is 0 Å². The molecule has 0 aromatic heterocycles. The molecule has 1 aliphatic heterocycles. The van der Waals surface area contributed by atoms with Gasteiger partial charge < -0.3 is 20.1 Å². The van der Waals surface area contributed by atoms with Crippen LogP contribution < -0.4 is 5.32 Å². The third-order valence-corrected chi connectivity index (χ3v) is 3.50. The molecule has 1 rings (SSSR count). The van der Waals surface area contributed by atoms with Crippen LogP contribution in [0, 0.1) is 0 Å². The van der Waals surface area contributed by atoms with E-state index in [0.717, 1.165) is 0 Å². The highest BCUT2D eigenvalue weighted by atomic mass is 16.5. The van der Waals surface area contributed by atoms with Crippen molar-refractivity contribution in [2.24, 2.45) is 0 Å². The first-order valence-corrected chi connectivity index (χ1v) is 7.07. The zero-order valence-corrected chi connectivity index (χ0v) is 12.5. The third kappa shape index (κ3) is 4.97. The minimum Gasteiger partial charge on any atom is -0.480 e. The fourth-order valence-corrected chi connectivity index (χ4v) is 2.15. The minimum absolute atomic E-state index is 0.00253. The Morgan fingerprint density at radius 3 is 2.35 bits per heavy atom. The Morgan fingerprint density at radius 1 is 1.25 bits per heavy atom. The lowest BCUT2D eigenvalue weighted by Gasteiger charge is -2.36. The van der Waals surface area contributed by atoms with Gasteiger partial charge >= 0.3 is 12.0 Å². The molecule has 0 spiro atoms. The molecule has 0 aromatic carbocycles. The predicted molar refractivity (Wildman–Crippen MR) is 74.7 cm³/mol. The van der Waals surface area contributed by atoms with Crippen molar-refractivity contribution in [1.29, 1.82) is 0 Å². The van der Waals surface area contributed by atoms with E-state index in [0.29, 0.717) is 39.3 Å². The van der Waals surface area contributed by atoms with Crippen molar-refractivity contribution in [3.05, 3.63) is 0 Å². The maximum atomic E-state index is 11.9. The van der Waals surface area contributed by atoms with Crippen molar-refractivity contribution in [3.63, 3.8) is 0 Å². The van der Waals surface area contributed by atoms with Gasteiger partial charge in [-0.05, 0) is 20.8 Å². The van der Waals surface area contributed by atoms with Gasteiger partial charge in [-0.1, -0.05) is 0 Å². The smallest absolute Gasteiger partial charge is 0.320 e. The fourth-order valence-electron chi connectivity index (χ4n) is 2.15. The van der Waals surface area contributed by atoms with Gasteiger partial charge in [-0.2, -0.15) is 0 Å². The number of nitrogens with zero attached hydrogens (tertiary/aromatic N) is 2. The molecule has 2 atom stereocenters. The number of carboxylic acids is 1. The summed E-state index contributed by atoms with van der Waals surface area (Å²) in [6.45, 7) is 8.88. The molecule has 1 saturated heterocycles. The number of rotatable bonds is 6. The summed E-state index contributed by atoms with van der Waals surface area (Å²) in [5.74, 6) is -0.826. The molecule has 2 N–H and O–H groups in total.